The number of fused-ring (bicyclic) bond motifs is 1. The lowest BCUT2D eigenvalue weighted by Gasteiger charge is -2.42. The van der Waals surface area contributed by atoms with Gasteiger partial charge in [-0.15, -0.1) is 0 Å². The molecule has 0 spiro atoms. The molecule has 3 heteroatoms. The Hall–Kier alpha value is -2.16. The molecule has 0 unspecified atom stereocenters. The lowest BCUT2D eigenvalue weighted by Crippen LogP contribution is -2.33. The van der Waals surface area contributed by atoms with Crippen LogP contribution >= 0.6 is 0 Å². The zero-order valence-electron chi connectivity index (χ0n) is 14.7. The van der Waals surface area contributed by atoms with Crippen LogP contribution in [-0.4, -0.2) is 5.91 Å². The molecule has 0 heterocycles. The van der Waals surface area contributed by atoms with Crippen LogP contribution in [0.2, 0.25) is 0 Å². The standard InChI is InChI=1S/C21H24FNO/c1-20(2)11-12-21(3,4)17-13-14(9-10-16(17)20)23-19(24)15-7-5-6-8-18(15)22/h5-10,13H,11-12H2,1-4H3,(H,23,24). The Labute approximate surface area is 143 Å². The minimum atomic E-state index is -0.505. The van der Waals surface area contributed by atoms with Gasteiger partial charge in [0, 0.05) is 5.69 Å². The molecule has 0 fully saturated rings. The molecule has 0 radical (unpaired) electrons. The van der Waals surface area contributed by atoms with E-state index in [1.54, 1.807) is 12.1 Å². The molecule has 0 aromatic heterocycles. The van der Waals surface area contributed by atoms with Crippen LogP contribution < -0.4 is 5.32 Å². The van der Waals surface area contributed by atoms with Crippen molar-refractivity contribution in [2.24, 2.45) is 0 Å². The van der Waals surface area contributed by atoms with Crippen molar-refractivity contribution in [2.45, 2.75) is 51.4 Å². The number of nitrogens with one attached hydrogen (secondary N) is 1. The van der Waals surface area contributed by atoms with E-state index in [9.17, 15) is 9.18 Å². The summed E-state index contributed by atoms with van der Waals surface area (Å²) in [5.41, 5.74) is 3.60. The minimum Gasteiger partial charge on any atom is -0.322 e. The van der Waals surface area contributed by atoms with Crippen molar-refractivity contribution in [1.82, 2.24) is 0 Å². The summed E-state index contributed by atoms with van der Waals surface area (Å²) >= 11 is 0. The predicted molar refractivity (Wildman–Crippen MR) is 96.1 cm³/mol. The third-order valence-electron chi connectivity index (χ3n) is 5.23. The third kappa shape index (κ3) is 2.95. The summed E-state index contributed by atoms with van der Waals surface area (Å²) in [7, 11) is 0. The van der Waals surface area contributed by atoms with Gasteiger partial charge in [0.05, 0.1) is 5.56 Å². The van der Waals surface area contributed by atoms with Crippen molar-refractivity contribution < 1.29 is 9.18 Å². The second-order valence-corrected chi connectivity index (χ2v) is 7.96. The second-order valence-electron chi connectivity index (χ2n) is 7.96. The zero-order chi connectivity index (χ0) is 17.5. The van der Waals surface area contributed by atoms with E-state index in [1.807, 2.05) is 6.07 Å². The van der Waals surface area contributed by atoms with Crippen LogP contribution in [0.4, 0.5) is 10.1 Å². The average molecular weight is 325 g/mol. The maximum atomic E-state index is 13.8. The second kappa shape index (κ2) is 5.73. The Morgan fingerprint density at radius 2 is 1.58 bits per heavy atom. The molecule has 24 heavy (non-hydrogen) atoms. The van der Waals surface area contributed by atoms with Crippen LogP contribution in [0.15, 0.2) is 42.5 Å². The van der Waals surface area contributed by atoms with Crippen molar-refractivity contribution in [3.05, 3.63) is 65.0 Å². The molecule has 2 nitrogen and oxygen atoms in total. The van der Waals surface area contributed by atoms with Gasteiger partial charge in [-0.3, -0.25) is 4.79 Å². The molecule has 0 saturated heterocycles. The van der Waals surface area contributed by atoms with Crippen molar-refractivity contribution in [1.29, 1.82) is 0 Å². The van der Waals surface area contributed by atoms with Gasteiger partial charge in [0.25, 0.3) is 5.91 Å². The Kier molecular flexibility index (Phi) is 3.98. The number of amides is 1. The molecule has 1 aliphatic carbocycles. The van der Waals surface area contributed by atoms with Crippen molar-refractivity contribution >= 4 is 11.6 Å². The Balaban J connectivity index is 1.94. The van der Waals surface area contributed by atoms with E-state index in [4.69, 9.17) is 0 Å². The number of halogens is 1. The molecule has 126 valence electrons. The number of benzene rings is 2. The van der Waals surface area contributed by atoms with Gasteiger partial charge in [-0.2, -0.15) is 0 Å². The summed E-state index contributed by atoms with van der Waals surface area (Å²) in [6.07, 6.45) is 2.26. The number of hydrogen-bond donors (Lipinski definition) is 1. The van der Waals surface area contributed by atoms with E-state index in [1.165, 1.54) is 23.3 Å². The third-order valence-corrected chi connectivity index (χ3v) is 5.23. The summed E-state index contributed by atoms with van der Waals surface area (Å²) in [5, 5.41) is 2.84. The summed E-state index contributed by atoms with van der Waals surface area (Å²) in [4.78, 5) is 12.3. The highest BCUT2D eigenvalue weighted by Crippen LogP contribution is 2.46. The fourth-order valence-corrected chi connectivity index (χ4v) is 3.51. The highest BCUT2D eigenvalue weighted by Gasteiger charge is 2.37. The van der Waals surface area contributed by atoms with Crippen LogP contribution in [-0.2, 0) is 10.8 Å². The van der Waals surface area contributed by atoms with Gasteiger partial charge in [0.2, 0.25) is 0 Å². The van der Waals surface area contributed by atoms with E-state index in [0.717, 1.165) is 12.8 Å². The first-order valence-corrected chi connectivity index (χ1v) is 8.42. The van der Waals surface area contributed by atoms with Crippen LogP contribution in [0.5, 0.6) is 0 Å². The molecule has 1 N–H and O–H groups in total. The first-order valence-electron chi connectivity index (χ1n) is 8.42. The first-order chi connectivity index (χ1) is 11.2. The smallest absolute Gasteiger partial charge is 0.258 e. The van der Waals surface area contributed by atoms with Gasteiger partial charge in [0.1, 0.15) is 5.82 Å². The number of anilines is 1. The highest BCUT2D eigenvalue weighted by molar-refractivity contribution is 6.04. The van der Waals surface area contributed by atoms with Gasteiger partial charge in [-0.05, 0) is 59.1 Å². The van der Waals surface area contributed by atoms with Crippen molar-refractivity contribution in [2.75, 3.05) is 5.32 Å². The molecule has 0 aliphatic heterocycles. The van der Waals surface area contributed by atoms with E-state index >= 15 is 0 Å². The molecule has 2 aromatic rings. The van der Waals surface area contributed by atoms with E-state index in [2.05, 4.69) is 45.1 Å². The molecule has 0 saturated carbocycles. The number of carbonyl (C=O) groups is 1. The molecular formula is C21H24FNO. The first kappa shape index (κ1) is 16.7. The quantitative estimate of drug-likeness (QED) is 0.784. The lowest BCUT2D eigenvalue weighted by molar-refractivity contribution is 0.102. The largest absolute Gasteiger partial charge is 0.322 e. The maximum absolute atomic E-state index is 13.8. The summed E-state index contributed by atoms with van der Waals surface area (Å²) in [5.74, 6) is -0.921. The van der Waals surface area contributed by atoms with Gasteiger partial charge < -0.3 is 5.32 Å². The van der Waals surface area contributed by atoms with Gasteiger partial charge in [0.15, 0.2) is 0 Å². The van der Waals surface area contributed by atoms with Crippen molar-refractivity contribution in [3.8, 4) is 0 Å². The number of carbonyl (C=O) groups excluding carboxylic acids is 1. The van der Waals surface area contributed by atoms with Crippen LogP contribution in [0.3, 0.4) is 0 Å². The molecule has 0 atom stereocenters. The van der Waals surface area contributed by atoms with Gasteiger partial charge in [-0.25, -0.2) is 4.39 Å². The monoisotopic (exact) mass is 325 g/mol. The molecule has 3 rings (SSSR count). The van der Waals surface area contributed by atoms with E-state index in [0.29, 0.717) is 5.69 Å². The highest BCUT2D eigenvalue weighted by atomic mass is 19.1. The normalized spacial score (nSPS) is 17.9. The fourth-order valence-electron chi connectivity index (χ4n) is 3.51. The molecular weight excluding hydrogens is 301 g/mol. The summed E-state index contributed by atoms with van der Waals surface area (Å²) < 4.78 is 13.8. The Morgan fingerprint density at radius 3 is 2.25 bits per heavy atom. The molecule has 2 aromatic carbocycles. The lowest BCUT2D eigenvalue weighted by atomic mass is 9.63. The topological polar surface area (TPSA) is 29.1 Å². The van der Waals surface area contributed by atoms with Gasteiger partial charge in [-0.1, -0.05) is 45.9 Å². The van der Waals surface area contributed by atoms with E-state index in [-0.39, 0.29) is 16.4 Å². The Bertz CT molecular complexity index is 792. The fraction of sp³-hybridized carbons (Fsp3) is 0.381. The maximum Gasteiger partial charge on any atom is 0.258 e. The van der Waals surface area contributed by atoms with Crippen LogP contribution in [0.25, 0.3) is 0 Å². The minimum absolute atomic E-state index is 0.0646. The number of hydrogen-bond acceptors (Lipinski definition) is 1. The zero-order valence-corrected chi connectivity index (χ0v) is 14.7. The average Bonchev–Trinajstić information content (AvgIpc) is 2.52. The molecule has 1 amide bonds. The summed E-state index contributed by atoms with van der Waals surface area (Å²) in [6.45, 7) is 9.00. The van der Waals surface area contributed by atoms with E-state index < -0.39 is 11.7 Å². The summed E-state index contributed by atoms with van der Waals surface area (Å²) in [6, 6.07) is 12.1. The Morgan fingerprint density at radius 1 is 0.958 bits per heavy atom. The predicted octanol–water partition coefficient (Wildman–Crippen LogP) is 5.43. The SMILES string of the molecule is CC1(C)CCC(C)(C)c2cc(NC(=O)c3ccccc3F)ccc21. The van der Waals surface area contributed by atoms with Crippen LogP contribution in [0.1, 0.15) is 62.0 Å². The molecule has 0 bridgehead atoms. The number of rotatable bonds is 2. The van der Waals surface area contributed by atoms with Gasteiger partial charge >= 0.3 is 0 Å². The van der Waals surface area contributed by atoms with Crippen molar-refractivity contribution in [3.63, 3.8) is 0 Å². The van der Waals surface area contributed by atoms with Crippen LogP contribution in [0, 0.1) is 5.82 Å². The molecule has 1 aliphatic rings.